The summed E-state index contributed by atoms with van der Waals surface area (Å²) in [5.41, 5.74) is 0.650. The average molecular weight is 330 g/mol. The van der Waals surface area contributed by atoms with Gasteiger partial charge in [0.2, 0.25) is 5.91 Å². The van der Waals surface area contributed by atoms with E-state index < -0.39 is 5.97 Å². The molecule has 0 spiro atoms. The van der Waals surface area contributed by atoms with Crippen LogP contribution in [0, 0.1) is 0 Å². The molecule has 19 heavy (non-hydrogen) atoms. The van der Waals surface area contributed by atoms with Crippen LogP contribution >= 0.6 is 15.9 Å². The fraction of sp³-hybridized carbons (Fsp3) is 0.385. The summed E-state index contributed by atoms with van der Waals surface area (Å²) in [4.78, 5) is 23.9. The smallest absolute Gasteiger partial charge is 0.303 e. The summed E-state index contributed by atoms with van der Waals surface area (Å²) in [5.74, 6) is -0.439. The molecule has 0 atom stereocenters. The second-order valence-corrected chi connectivity index (χ2v) is 4.93. The lowest BCUT2D eigenvalue weighted by Gasteiger charge is -2.20. The minimum atomic E-state index is -0.893. The van der Waals surface area contributed by atoms with Crippen molar-refractivity contribution < 1.29 is 19.4 Å². The van der Waals surface area contributed by atoms with Crippen LogP contribution in [0.15, 0.2) is 22.7 Å². The van der Waals surface area contributed by atoms with Gasteiger partial charge in [-0.25, -0.2) is 0 Å². The van der Waals surface area contributed by atoms with Crippen molar-refractivity contribution in [2.45, 2.75) is 19.3 Å². The van der Waals surface area contributed by atoms with Gasteiger partial charge in [0.25, 0.3) is 0 Å². The van der Waals surface area contributed by atoms with Crippen LogP contribution in [-0.4, -0.2) is 31.1 Å². The van der Waals surface area contributed by atoms with Gasteiger partial charge in [-0.05, 0) is 24.6 Å². The number of hydrogen-bond acceptors (Lipinski definition) is 3. The number of ether oxygens (including phenoxy) is 1. The maximum absolute atomic E-state index is 12.0. The third-order valence-corrected chi connectivity index (χ3v) is 3.15. The number of aliphatic carboxylic acids is 1. The van der Waals surface area contributed by atoms with Gasteiger partial charge in [-0.3, -0.25) is 9.59 Å². The lowest BCUT2D eigenvalue weighted by Crippen LogP contribution is -2.26. The van der Waals surface area contributed by atoms with E-state index in [-0.39, 0.29) is 18.7 Å². The largest absolute Gasteiger partial charge is 0.495 e. The molecule has 5 nitrogen and oxygen atoms in total. The van der Waals surface area contributed by atoms with Crippen LogP contribution in [0.5, 0.6) is 5.75 Å². The van der Waals surface area contributed by atoms with Gasteiger partial charge >= 0.3 is 5.97 Å². The first kappa shape index (κ1) is 15.5. The number of methoxy groups -OCH3 is 1. The van der Waals surface area contributed by atoms with E-state index in [1.54, 1.807) is 19.2 Å². The molecule has 1 amide bonds. The van der Waals surface area contributed by atoms with Crippen LogP contribution in [0.3, 0.4) is 0 Å². The highest BCUT2D eigenvalue weighted by Gasteiger charge is 2.15. The Morgan fingerprint density at radius 2 is 2.05 bits per heavy atom. The predicted octanol–water partition coefficient (Wildman–Crippen LogP) is 2.68. The van der Waals surface area contributed by atoms with Crippen LogP contribution in [0.4, 0.5) is 5.69 Å². The van der Waals surface area contributed by atoms with E-state index >= 15 is 0 Å². The van der Waals surface area contributed by atoms with Crippen molar-refractivity contribution in [3.05, 3.63) is 22.7 Å². The molecule has 0 aliphatic heterocycles. The van der Waals surface area contributed by atoms with Crippen molar-refractivity contribution in [1.29, 1.82) is 0 Å². The van der Waals surface area contributed by atoms with Crippen molar-refractivity contribution in [1.82, 2.24) is 0 Å². The highest BCUT2D eigenvalue weighted by atomic mass is 79.9. The molecule has 1 rings (SSSR count). The molecule has 0 bridgehead atoms. The summed E-state index contributed by atoms with van der Waals surface area (Å²) in [7, 11) is 3.18. The van der Waals surface area contributed by atoms with Crippen molar-refractivity contribution >= 4 is 33.5 Å². The molecule has 0 radical (unpaired) electrons. The Labute approximate surface area is 120 Å². The first-order valence-corrected chi connectivity index (χ1v) is 6.57. The number of carboxylic acid groups (broad SMARTS) is 1. The van der Waals surface area contributed by atoms with Gasteiger partial charge in [-0.2, -0.15) is 0 Å². The van der Waals surface area contributed by atoms with Gasteiger partial charge in [-0.1, -0.05) is 15.9 Å². The Morgan fingerprint density at radius 3 is 2.63 bits per heavy atom. The Morgan fingerprint density at radius 1 is 1.37 bits per heavy atom. The zero-order valence-electron chi connectivity index (χ0n) is 10.9. The number of amides is 1. The van der Waals surface area contributed by atoms with Crippen LogP contribution < -0.4 is 9.64 Å². The fourth-order valence-electron chi connectivity index (χ4n) is 1.62. The fourth-order valence-corrected chi connectivity index (χ4v) is 1.97. The molecular weight excluding hydrogens is 314 g/mol. The molecule has 0 saturated carbocycles. The van der Waals surface area contributed by atoms with E-state index in [1.165, 1.54) is 12.0 Å². The quantitative estimate of drug-likeness (QED) is 0.871. The molecule has 0 fully saturated rings. The lowest BCUT2D eigenvalue weighted by molar-refractivity contribution is -0.137. The van der Waals surface area contributed by atoms with Crippen LogP contribution in [0.2, 0.25) is 0 Å². The predicted molar refractivity (Wildman–Crippen MR) is 75.6 cm³/mol. The molecular formula is C13H16BrNO4. The molecule has 1 aromatic rings. The van der Waals surface area contributed by atoms with Crippen molar-refractivity contribution in [2.75, 3.05) is 19.1 Å². The second kappa shape index (κ2) is 7.13. The molecule has 0 aliphatic rings. The minimum Gasteiger partial charge on any atom is -0.495 e. The van der Waals surface area contributed by atoms with E-state index in [0.29, 0.717) is 17.9 Å². The van der Waals surface area contributed by atoms with Crippen molar-refractivity contribution in [3.63, 3.8) is 0 Å². The highest BCUT2D eigenvalue weighted by Crippen LogP contribution is 2.31. The Balaban J connectivity index is 2.75. The summed E-state index contributed by atoms with van der Waals surface area (Å²) in [6.45, 7) is 0. The Bertz CT molecular complexity index is 476. The van der Waals surface area contributed by atoms with Gasteiger partial charge < -0.3 is 14.7 Å². The van der Waals surface area contributed by atoms with E-state index in [9.17, 15) is 9.59 Å². The summed E-state index contributed by atoms with van der Waals surface area (Å²) in [6, 6.07) is 5.37. The minimum absolute atomic E-state index is 0.00476. The van der Waals surface area contributed by atoms with Gasteiger partial charge in [0.15, 0.2) is 0 Å². The van der Waals surface area contributed by atoms with Gasteiger partial charge in [0.05, 0.1) is 12.8 Å². The number of carbonyl (C=O) groups excluding carboxylic acids is 1. The molecule has 1 N–H and O–H groups in total. The van der Waals surface area contributed by atoms with E-state index in [4.69, 9.17) is 9.84 Å². The first-order chi connectivity index (χ1) is 8.95. The maximum atomic E-state index is 12.0. The summed E-state index contributed by atoms with van der Waals surface area (Å²) in [5, 5.41) is 8.55. The molecule has 104 valence electrons. The molecule has 0 aliphatic carbocycles. The van der Waals surface area contributed by atoms with Gasteiger partial charge in [0.1, 0.15) is 5.75 Å². The number of halogens is 1. The van der Waals surface area contributed by atoms with Crippen LogP contribution in [0.25, 0.3) is 0 Å². The third kappa shape index (κ3) is 4.55. The van der Waals surface area contributed by atoms with E-state index in [2.05, 4.69) is 15.9 Å². The number of benzene rings is 1. The zero-order chi connectivity index (χ0) is 14.4. The van der Waals surface area contributed by atoms with Crippen molar-refractivity contribution in [2.24, 2.45) is 0 Å². The van der Waals surface area contributed by atoms with Crippen LogP contribution in [-0.2, 0) is 9.59 Å². The number of nitrogens with zero attached hydrogens (tertiary/aromatic N) is 1. The number of anilines is 1. The summed E-state index contributed by atoms with van der Waals surface area (Å²) < 4.78 is 6.05. The second-order valence-electron chi connectivity index (χ2n) is 4.02. The SMILES string of the molecule is COc1ccc(Br)cc1N(C)C(=O)CCCC(=O)O. The van der Waals surface area contributed by atoms with E-state index in [0.717, 1.165) is 4.47 Å². The van der Waals surface area contributed by atoms with E-state index in [1.807, 2.05) is 6.07 Å². The Kier molecular flexibility index (Phi) is 5.82. The monoisotopic (exact) mass is 329 g/mol. The van der Waals surface area contributed by atoms with Crippen molar-refractivity contribution in [3.8, 4) is 5.75 Å². The average Bonchev–Trinajstić information content (AvgIpc) is 2.37. The topological polar surface area (TPSA) is 66.8 Å². The zero-order valence-corrected chi connectivity index (χ0v) is 12.4. The molecule has 0 unspecified atom stereocenters. The normalized spacial score (nSPS) is 10.1. The summed E-state index contributed by atoms with van der Waals surface area (Å²) >= 11 is 3.34. The highest BCUT2D eigenvalue weighted by molar-refractivity contribution is 9.10. The molecule has 0 heterocycles. The molecule has 0 aromatic heterocycles. The van der Waals surface area contributed by atoms with Gasteiger partial charge in [-0.15, -0.1) is 0 Å². The van der Waals surface area contributed by atoms with Crippen LogP contribution in [0.1, 0.15) is 19.3 Å². The molecule has 1 aromatic carbocycles. The first-order valence-electron chi connectivity index (χ1n) is 5.77. The van der Waals surface area contributed by atoms with Gasteiger partial charge in [0, 0.05) is 24.4 Å². The number of carbonyl (C=O) groups is 2. The third-order valence-electron chi connectivity index (χ3n) is 2.66. The maximum Gasteiger partial charge on any atom is 0.303 e. The number of carboxylic acids is 1. The lowest BCUT2D eigenvalue weighted by atomic mass is 10.2. The summed E-state index contributed by atoms with van der Waals surface area (Å²) in [6.07, 6.45) is 0.516. The standard InChI is InChI=1S/C13H16BrNO4/c1-15(12(16)4-3-5-13(17)18)10-8-9(14)6-7-11(10)19-2/h6-8H,3-5H2,1-2H3,(H,17,18). The molecule has 6 heteroatoms. The Hall–Kier alpha value is -1.56. The molecule has 0 saturated heterocycles. The number of hydrogen-bond donors (Lipinski definition) is 1. The number of rotatable bonds is 6.